The average molecular weight is 412 g/mol. The Kier molecular flexibility index (Phi) is 6.73. The zero-order valence-electron chi connectivity index (χ0n) is 17.2. The molecule has 0 bridgehead atoms. The first-order chi connectivity index (χ1) is 14.2. The molecule has 2 aliphatic rings. The summed E-state index contributed by atoms with van der Waals surface area (Å²) < 4.78 is 6.17. The lowest BCUT2D eigenvalue weighted by Gasteiger charge is -2.36. The minimum atomic E-state index is 0.675. The monoisotopic (exact) mass is 411 g/mol. The van der Waals surface area contributed by atoms with Crippen molar-refractivity contribution in [2.24, 2.45) is 4.99 Å². The summed E-state index contributed by atoms with van der Waals surface area (Å²) in [7, 11) is 0. The molecule has 0 unspecified atom stereocenters. The quantitative estimate of drug-likeness (QED) is 0.536. The van der Waals surface area contributed by atoms with Gasteiger partial charge in [-0.3, -0.25) is 4.90 Å². The van der Waals surface area contributed by atoms with Gasteiger partial charge in [-0.2, -0.15) is 0 Å². The second-order valence-corrected chi connectivity index (χ2v) is 8.33. The normalized spacial score (nSPS) is 16.5. The Morgan fingerprint density at radius 2 is 1.72 bits per heavy atom. The van der Waals surface area contributed by atoms with Crippen molar-refractivity contribution in [1.82, 2.24) is 9.80 Å². The maximum Gasteiger partial charge on any atom is 0.153 e. The fourth-order valence-corrected chi connectivity index (χ4v) is 4.23. The highest BCUT2D eigenvalue weighted by molar-refractivity contribution is 6.31. The number of fused-ring (bicyclic) bond motifs is 2. The molecule has 2 aromatic rings. The molecule has 1 saturated heterocycles. The minimum Gasteiger partial charge on any atom is -0.454 e. The van der Waals surface area contributed by atoms with Crippen LogP contribution in [0.3, 0.4) is 0 Å². The summed E-state index contributed by atoms with van der Waals surface area (Å²) >= 11 is 6.23. The fraction of sp³-hybridized carbons (Fsp3) is 0.458. The molecule has 0 N–H and O–H groups in total. The maximum absolute atomic E-state index is 6.23. The number of aliphatic imine (C=N–C) groups is 1. The first-order valence-corrected chi connectivity index (χ1v) is 11.2. The summed E-state index contributed by atoms with van der Waals surface area (Å²) in [5.74, 6) is 2.59. The van der Waals surface area contributed by atoms with Crippen LogP contribution in [0, 0.1) is 0 Å². The van der Waals surface area contributed by atoms with E-state index < -0.39 is 0 Å². The van der Waals surface area contributed by atoms with Gasteiger partial charge in [0, 0.05) is 31.2 Å². The van der Waals surface area contributed by atoms with Crippen molar-refractivity contribution in [1.29, 1.82) is 0 Å². The minimum absolute atomic E-state index is 0.675. The van der Waals surface area contributed by atoms with Crippen LogP contribution >= 0.6 is 11.6 Å². The Hall–Kier alpha value is -2.04. The number of nitrogens with zero attached hydrogens (tertiary/aromatic N) is 3. The smallest absolute Gasteiger partial charge is 0.153 e. The van der Waals surface area contributed by atoms with Crippen LogP contribution in [0.5, 0.6) is 11.5 Å². The molecule has 154 valence electrons. The largest absolute Gasteiger partial charge is 0.454 e. The van der Waals surface area contributed by atoms with Gasteiger partial charge in [0.2, 0.25) is 0 Å². The summed E-state index contributed by atoms with van der Waals surface area (Å²) in [4.78, 5) is 9.99. The molecule has 2 aromatic carbocycles. The van der Waals surface area contributed by atoms with E-state index >= 15 is 0 Å². The van der Waals surface area contributed by atoms with E-state index in [-0.39, 0.29) is 0 Å². The second kappa shape index (κ2) is 9.64. The molecule has 0 radical (unpaired) electrons. The van der Waals surface area contributed by atoms with Crippen LogP contribution in [-0.2, 0) is 0 Å². The molecule has 0 atom stereocenters. The van der Waals surface area contributed by atoms with E-state index in [1.165, 1.54) is 38.6 Å². The summed E-state index contributed by atoms with van der Waals surface area (Å²) in [6.45, 7) is 7.61. The van der Waals surface area contributed by atoms with E-state index in [0.29, 0.717) is 5.02 Å². The fourth-order valence-electron chi connectivity index (χ4n) is 4.06. The molecule has 4 nitrogen and oxygen atoms in total. The molecular formula is C24H30ClN3O. The molecule has 0 aromatic heterocycles. The van der Waals surface area contributed by atoms with E-state index in [4.69, 9.17) is 21.3 Å². The van der Waals surface area contributed by atoms with Crippen LogP contribution < -0.4 is 4.74 Å². The van der Waals surface area contributed by atoms with Gasteiger partial charge in [-0.1, -0.05) is 56.3 Å². The number of unbranched alkanes of at least 4 members (excludes halogenated alkanes) is 4. The van der Waals surface area contributed by atoms with Crippen molar-refractivity contribution < 1.29 is 4.74 Å². The van der Waals surface area contributed by atoms with Crippen LogP contribution in [0.15, 0.2) is 47.5 Å². The lowest BCUT2D eigenvalue weighted by Crippen LogP contribution is -2.49. The summed E-state index contributed by atoms with van der Waals surface area (Å²) in [6, 6.07) is 13.8. The number of benzene rings is 2. The molecule has 1 fully saturated rings. The molecule has 0 spiro atoms. The van der Waals surface area contributed by atoms with Gasteiger partial charge in [0.05, 0.1) is 5.56 Å². The van der Waals surface area contributed by atoms with Gasteiger partial charge < -0.3 is 9.64 Å². The van der Waals surface area contributed by atoms with Crippen molar-refractivity contribution >= 4 is 23.1 Å². The number of rotatable bonds is 6. The molecular weight excluding hydrogens is 382 g/mol. The van der Waals surface area contributed by atoms with Crippen LogP contribution in [0.25, 0.3) is 0 Å². The first-order valence-electron chi connectivity index (χ1n) is 10.9. The highest BCUT2D eigenvalue weighted by Crippen LogP contribution is 2.39. The third-order valence-electron chi connectivity index (χ3n) is 5.74. The van der Waals surface area contributed by atoms with E-state index in [9.17, 15) is 0 Å². The number of halogens is 1. The Bertz CT molecular complexity index is 859. The van der Waals surface area contributed by atoms with Crippen LogP contribution in [0.2, 0.25) is 5.02 Å². The van der Waals surface area contributed by atoms with E-state index in [2.05, 4.69) is 22.8 Å². The predicted octanol–water partition coefficient (Wildman–Crippen LogP) is 6.11. The highest BCUT2D eigenvalue weighted by Gasteiger charge is 2.25. The zero-order chi connectivity index (χ0) is 20.1. The van der Waals surface area contributed by atoms with Gasteiger partial charge in [0.1, 0.15) is 17.3 Å². The van der Waals surface area contributed by atoms with E-state index in [1.54, 1.807) is 0 Å². The third kappa shape index (κ3) is 4.93. The van der Waals surface area contributed by atoms with Gasteiger partial charge in [-0.15, -0.1) is 0 Å². The average Bonchev–Trinajstić information content (AvgIpc) is 2.90. The SMILES string of the molecule is CCCCCCCN1CCN(C2=Nc3cc(Cl)ccc3Oc3ccccc32)CC1. The predicted molar refractivity (Wildman–Crippen MR) is 121 cm³/mol. The van der Waals surface area contributed by atoms with Gasteiger partial charge in [0.15, 0.2) is 5.75 Å². The maximum atomic E-state index is 6.23. The molecule has 0 aliphatic carbocycles. The lowest BCUT2D eigenvalue weighted by molar-refractivity contribution is 0.179. The lowest BCUT2D eigenvalue weighted by atomic mass is 10.1. The van der Waals surface area contributed by atoms with Gasteiger partial charge in [-0.25, -0.2) is 4.99 Å². The topological polar surface area (TPSA) is 28.1 Å². The highest BCUT2D eigenvalue weighted by atomic mass is 35.5. The Labute approximate surface area is 179 Å². The van der Waals surface area contributed by atoms with Crippen molar-refractivity contribution in [3.8, 4) is 11.5 Å². The molecule has 2 heterocycles. The molecule has 0 saturated carbocycles. The number of amidine groups is 1. The number of hydrogen-bond donors (Lipinski definition) is 0. The zero-order valence-corrected chi connectivity index (χ0v) is 18.0. The van der Waals surface area contributed by atoms with E-state index in [1.807, 2.05) is 36.4 Å². The standard InChI is InChI=1S/C24H30ClN3O/c1-2-3-4-5-8-13-27-14-16-28(17-15-27)24-20-9-6-7-10-22(20)29-23-12-11-19(25)18-21(23)26-24/h6-7,9-12,18H,2-5,8,13-17H2,1H3. The van der Waals surface area contributed by atoms with Crippen molar-refractivity contribution in [2.45, 2.75) is 39.0 Å². The number of ether oxygens (including phenoxy) is 1. The van der Waals surface area contributed by atoms with Crippen LogP contribution in [0.1, 0.15) is 44.6 Å². The summed E-state index contributed by atoms with van der Waals surface area (Å²) in [5, 5.41) is 0.675. The van der Waals surface area contributed by atoms with Crippen LogP contribution in [-0.4, -0.2) is 48.4 Å². The molecule has 29 heavy (non-hydrogen) atoms. The summed E-state index contributed by atoms with van der Waals surface area (Å²) in [6.07, 6.45) is 6.69. The second-order valence-electron chi connectivity index (χ2n) is 7.89. The number of para-hydroxylation sites is 1. The molecule has 0 amide bonds. The van der Waals surface area contributed by atoms with Gasteiger partial charge in [-0.05, 0) is 43.3 Å². The molecule has 5 heteroatoms. The molecule has 4 rings (SSSR count). The Morgan fingerprint density at radius 1 is 0.931 bits per heavy atom. The van der Waals surface area contributed by atoms with Crippen LogP contribution in [0.4, 0.5) is 5.69 Å². The van der Waals surface area contributed by atoms with E-state index in [0.717, 1.165) is 54.8 Å². The Morgan fingerprint density at radius 3 is 2.55 bits per heavy atom. The number of piperazine rings is 1. The van der Waals surface area contributed by atoms with Crippen molar-refractivity contribution in [3.05, 3.63) is 53.1 Å². The number of hydrogen-bond acceptors (Lipinski definition) is 4. The third-order valence-corrected chi connectivity index (χ3v) is 5.98. The van der Waals surface area contributed by atoms with Crippen molar-refractivity contribution in [2.75, 3.05) is 32.7 Å². The van der Waals surface area contributed by atoms with Crippen molar-refractivity contribution in [3.63, 3.8) is 0 Å². The summed E-state index contributed by atoms with van der Waals surface area (Å²) in [5.41, 5.74) is 1.84. The Balaban J connectivity index is 1.47. The first kappa shape index (κ1) is 20.2. The van der Waals surface area contributed by atoms with Gasteiger partial charge >= 0.3 is 0 Å². The molecule has 2 aliphatic heterocycles. The van der Waals surface area contributed by atoms with Gasteiger partial charge in [0.25, 0.3) is 0 Å².